The van der Waals surface area contributed by atoms with Gasteiger partial charge in [-0.15, -0.1) is 0 Å². The lowest BCUT2D eigenvalue weighted by Crippen LogP contribution is -2.43. The molecule has 1 amide bonds. The molecule has 0 bridgehead atoms. The first-order valence-corrected chi connectivity index (χ1v) is 7.55. The average molecular weight is 299 g/mol. The van der Waals surface area contributed by atoms with Gasteiger partial charge >= 0.3 is 0 Å². The Bertz CT molecular complexity index is 599. The number of amides is 1. The fourth-order valence-corrected chi connectivity index (χ4v) is 2.56. The predicted molar refractivity (Wildman–Crippen MR) is 85.9 cm³/mol. The van der Waals surface area contributed by atoms with Crippen LogP contribution in [0.2, 0.25) is 0 Å². The number of nitrogens with one attached hydrogen (secondary N) is 1. The zero-order chi connectivity index (χ0) is 15.4. The maximum Gasteiger partial charge on any atom is 0.291 e. The third-order valence-corrected chi connectivity index (χ3v) is 3.96. The van der Waals surface area contributed by atoms with E-state index in [9.17, 15) is 4.79 Å². The van der Waals surface area contributed by atoms with Gasteiger partial charge in [0, 0.05) is 38.4 Å². The number of likely N-dealkylation sites (N-methyl/N-ethyl adjacent to an activating group) is 1. The van der Waals surface area contributed by atoms with Crippen LogP contribution in [0.25, 0.3) is 0 Å². The van der Waals surface area contributed by atoms with Gasteiger partial charge in [-0.3, -0.25) is 9.69 Å². The normalized spacial score (nSPS) is 16.6. The maximum absolute atomic E-state index is 11.9. The van der Waals surface area contributed by atoms with Gasteiger partial charge in [0.2, 0.25) is 0 Å². The van der Waals surface area contributed by atoms with Crippen LogP contribution >= 0.6 is 0 Å². The molecule has 1 aliphatic rings. The Morgan fingerprint density at radius 3 is 2.50 bits per heavy atom. The number of nitrogens with zero attached hydrogens (tertiary/aromatic N) is 2. The second-order valence-electron chi connectivity index (χ2n) is 5.71. The summed E-state index contributed by atoms with van der Waals surface area (Å²) in [6.45, 7) is 5.41. The van der Waals surface area contributed by atoms with Crippen molar-refractivity contribution < 1.29 is 9.21 Å². The van der Waals surface area contributed by atoms with Crippen LogP contribution in [-0.2, 0) is 6.54 Å². The van der Waals surface area contributed by atoms with Gasteiger partial charge in [0.05, 0.1) is 6.26 Å². The average Bonchev–Trinajstić information content (AvgIpc) is 3.06. The summed E-state index contributed by atoms with van der Waals surface area (Å²) in [6.07, 6.45) is 1.49. The molecule has 1 fully saturated rings. The van der Waals surface area contributed by atoms with E-state index < -0.39 is 0 Å². The van der Waals surface area contributed by atoms with Crippen LogP contribution < -0.4 is 5.32 Å². The number of hydrogen-bond donors (Lipinski definition) is 1. The number of hydrogen-bond acceptors (Lipinski definition) is 4. The third kappa shape index (κ3) is 3.75. The molecule has 5 nitrogen and oxygen atoms in total. The second-order valence-corrected chi connectivity index (χ2v) is 5.71. The van der Waals surface area contributed by atoms with E-state index in [0.717, 1.165) is 38.4 Å². The summed E-state index contributed by atoms with van der Waals surface area (Å²) in [7, 11) is 2.16. The quantitative estimate of drug-likeness (QED) is 0.941. The molecule has 0 saturated carbocycles. The van der Waals surface area contributed by atoms with Crippen LogP contribution in [0.5, 0.6) is 0 Å². The molecule has 1 aromatic heterocycles. The second kappa shape index (κ2) is 6.77. The first-order valence-electron chi connectivity index (χ1n) is 7.55. The van der Waals surface area contributed by atoms with E-state index in [2.05, 4.69) is 34.3 Å². The van der Waals surface area contributed by atoms with E-state index in [1.165, 1.54) is 11.8 Å². The van der Waals surface area contributed by atoms with E-state index in [1.54, 1.807) is 12.1 Å². The highest BCUT2D eigenvalue weighted by Crippen LogP contribution is 2.14. The van der Waals surface area contributed by atoms with Crippen LogP contribution in [0.4, 0.5) is 5.69 Å². The number of piperazine rings is 1. The molecule has 1 saturated heterocycles. The Hall–Kier alpha value is -2.11. The van der Waals surface area contributed by atoms with Gasteiger partial charge in [-0.05, 0) is 36.9 Å². The Labute approximate surface area is 130 Å². The Balaban J connectivity index is 1.55. The van der Waals surface area contributed by atoms with Crippen molar-refractivity contribution >= 4 is 11.6 Å². The fraction of sp³-hybridized carbons (Fsp3) is 0.353. The van der Waals surface area contributed by atoms with E-state index in [0.29, 0.717) is 5.76 Å². The Morgan fingerprint density at radius 2 is 1.86 bits per heavy atom. The van der Waals surface area contributed by atoms with Crippen molar-refractivity contribution in [3.05, 3.63) is 54.0 Å². The molecule has 0 atom stereocenters. The predicted octanol–water partition coefficient (Wildman–Crippen LogP) is 2.28. The molecule has 116 valence electrons. The smallest absolute Gasteiger partial charge is 0.291 e. The van der Waals surface area contributed by atoms with E-state index in [1.807, 2.05) is 12.1 Å². The molecule has 5 heteroatoms. The van der Waals surface area contributed by atoms with Gasteiger partial charge in [0.25, 0.3) is 5.91 Å². The van der Waals surface area contributed by atoms with Crippen LogP contribution in [-0.4, -0.2) is 48.9 Å². The Kier molecular flexibility index (Phi) is 4.56. The van der Waals surface area contributed by atoms with Crippen LogP contribution in [0, 0.1) is 0 Å². The Morgan fingerprint density at radius 1 is 1.14 bits per heavy atom. The van der Waals surface area contributed by atoms with Crippen molar-refractivity contribution in [3.8, 4) is 0 Å². The molecule has 0 radical (unpaired) electrons. The maximum atomic E-state index is 11.9. The van der Waals surface area contributed by atoms with Gasteiger partial charge < -0.3 is 14.6 Å². The van der Waals surface area contributed by atoms with Crippen molar-refractivity contribution in [1.29, 1.82) is 0 Å². The summed E-state index contributed by atoms with van der Waals surface area (Å²) in [4.78, 5) is 16.7. The molecular formula is C17H21N3O2. The van der Waals surface area contributed by atoms with Crippen molar-refractivity contribution in [2.75, 3.05) is 38.5 Å². The number of furan rings is 1. The first-order chi connectivity index (χ1) is 10.7. The molecule has 3 rings (SSSR count). The molecule has 1 N–H and O–H groups in total. The summed E-state index contributed by atoms with van der Waals surface area (Å²) in [5.41, 5.74) is 2.05. The largest absolute Gasteiger partial charge is 0.459 e. The standard InChI is InChI=1S/C17H21N3O2/c1-19-8-10-20(11-9-19)13-14-4-6-15(7-5-14)18-17(21)16-3-2-12-22-16/h2-7,12H,8-11,13H2,1H3,(H,18,21). The molecule has 0 unspecified atom stereocenters. The molecule has 0 spiro atoms. The van der Waals surface area contributed by atoms with Gasteiger partial charge in [-0.2, -0.15) is 0 Å². The van der Waals surface area contributed by atoms with Crippen molar-refractivity contribution in [2.24, 2.45) is 0 Å². The van der Waals surface area contributed by atoms with Crippen LogP contribution in [0.3, 0.4) is 0 Å². The topological polar surface area (TPSA) is 48.7 Å². The molecule has 22 heavy (non-hydrogen) atoms. The minimum Gasteiger partial charge on any atom is -0.459 e. The molecule has 1 aliphatic heterocycles. The minimum atomic E-state index is -0.225. The zero-order valence-electron chi connectivity index (χ0n) is 12.8. The first kappa shape index (κ1) is 14.8. The number of benzene rings is 1. The van der Waals surface area contributed by atoms with Crippen LogP contribution in [0.1, 0.15) is 16.1 Å². The third-order valence-electron chi connectivity index (χ3n) is 3.96. The molecule has 2 aromatic rings. The summed E-state index contributed by atoms with van der Waals surface area (Å²) < 4.78 is 5.08. The highest BCUT2D eigenvalue weighted by atomic mass is 16.3. The fourth-order valence-electron chi connectivity index (χ4n) is 2.56. The van der Waals surface area contributed by atoms with E-state index >= 15 is 0 Å². The van der Waals surface area contributed by atoms with E-state index in [-0.39, 0.29) is 5.91 Å². The van der Waals surface area contributed by atoms with Gasteiger partial charge in [-0.1, -0.05) is 12.1 Å². The molecule has 0 aliphatic carbocycles. The highest BCUT2D eigenvalue weighted by Gasteiger charge is 2.14. The summed E-state index contributed by atoms with van der Waals surface area (Å²) in [5, 5.41) is 2.83. The lowest BCUT2D eigenvalue weighted by atomic mass is 10.1. The van der Waals surface area contributed by atoms with Crippen molar-refractivity contribution in [3.63, 3.8) is 0 Å². The number of carbonyl (C=O) groups is 1. The van der Waals surface area contributed by atoms with Gasteiger partial charge in [0.15, 0.2) is 5.76 Å². The number of anilines is 1. The zero-order valence-corrected chi connectivity index (χ0v) is 12.8. The molecule has 1 aromatic carbocycles. The monoisotopic (exact) mass is 299 g/mol. The van der Waals surface area contributed by atoms with Crippen molar-refractivity contribution in [2.45, 2.75) is 6.54 Å². The van der Waals surface area contributed by atoms with Gasteiger partial charge in [0.1, 0.15) is 0 Å². The van der Waals surface area contributed by atoms with Crippen molar-refractivity contribution in [1.82, 2.24) is 9.80 Å². The lowest BCUT2D eigenvalue weighted by molar-refractivity contribution is 0.0996. The summed E-state index contributed by atoms with van der Waals surface area (Å²) in [5.74, 6) is 0.0957. The number of rotatable bonds is 4. The molecular weight excluding hydrogens is 278 g/mol. The minimum absolute atomic E-state index is 0.225. The number of carbonyl (C=O) groups excluding carboxylic acids is 1. The van der Waals surface area contributed by atoms with E-state index in [4.69, 9.17) is 4.42 Å². The van der Waals surface area contributed by atoms with Crippen LogP contribution in [0.15, 0.2) is 47.1 Å². The summed E-state index contributed by atoms with van der Waals surface area (Å²) in [6, 6.07) is 11.4. The highest BCUT2D eigenvalue weighted by molar-refractivity contribution is 6.02. The molecule has 2 heterocycles. The lowest BCUT2D eigenvalue weighted by Gasteiger charge is -2.32. The SMILES string of the molecule is CN1CCN(Cc2ccc(NC(=O)c3ccco3)cc2)CC1. The van der Waals surface area contributed by atoms with Gasteiger partial charge in [-0.25, -0.2) is 0 Å². The summed E-state index contributed by atoms with van der Waals surface area (Å²) >= 11 is 0.